The molecule has 0 aliphatic rings. The average molecular weight is 604 g/mol. The quantitative estimate of drug-likeness (QED) is 0.245. The Bertz CT molecular complexity index is 1120. The van der Waals surface area contributed by atoms with Gasteiger partial charge in [-0.3, -0.25) is 4.55 Å². The highest BCUT2D eigenvalue weighted by Crippen LogP contribution is 2.65. The van der Waals surface area contributed by atoms with Gasteiger partial charge >= 0.3 is 47.6 Å². The first-order chi connectivity index (χ1) is 15.9. The number of hydrogen-bond acceptors (Lipinski definition) is 2. The van der Waals surface area contributed by atoms with E-state index in [1.165, 1.54) is 0 Å². The topological polar surface area (TPSA) is 54.4 Å². The monoisotopic (exact) mass is 604 g/mol. The second-order valence-electron chi connectivity index (χ2n) is 7.13. The van der Waals surface area contributed by atoms with Crippen LogP contribution in [0.5, 0.6) is 0 Å². The van der Waals surface area contributed by atoms with Crippen LogP contribution in [-0.2, 0) is 22.5 Å². The molecular formula is C16H9F17O3S. The Morgan fingerprint density at radius 1 is 0.622 bits per heavy atom. The second kappa shape index (κ2) is 8.73. The van der Waals surface area contributed by atoms with Gasteiger partial charge in [0.1, 0.15) is 0 Å². The summed E-state index contributed by atoms with van der Waals surface area (Å²) in [4.78, 5) is -1.71. The SMILES string of the molecule is CCc1c(C(F)(F)C(F)(F)C(F)(F)C(F)(F)C(F)(F)C(F)(F)C(F)(F)C(F)(F)F)cccc1S(=O)(=O)O. The molecule has 216 valence electrons. The second-order valence-corrected chi connectivity index (χ2v) is 8.52. The van der Waals surface area contributed by atoms with Crippen molar-refractivity contribution >= 4 is 10.1 Å². The zero-order chi connectivity index (χ0) is 30.1. The van der Waals surface area contributed by atoms with Crippen molar-refractivity contribution in [2.75, 3.05) is 0 Å². The molecule has 0 radical (unpaired) electrons. The first-order valence-electron chi connectivity index (χ1n) is 8.74. The molecule has 0 bridgehead atoms. The molecule has 0 atom stereocenters. The first-order valence-corrected chi connectivity index (χ1v) is 10.2. The Morgan fingerprint density at radius 2 is 0.973 bits per heavy atom. The molecule has 0 aliphatic carbocycles. The van der Waals surface area contributed by atoms with Crippen molar-refractivity contribution in [3.05, 3.63) is 29.3 Å². The summed E-state index contributed by atoms with van der Waals surface area (Å²) in [6.07, 6.45) is -9.06. The molecule has 1 aromatic carbocycles. The summed E-state index contributed by atoms with van der Waals surface area (Å²) < 4.78 is 260. The molecule has 0 saturated carbocycles. The van der Waals surface area contributed by atoms with Crippen molar-refractivity contribution in [3.63, 3.8) is 0 Å². The summed E-state index contributed by atoms with van der Waals surface area (Å²) in [5, 5.41) is 0. The lowest BCUT2D eigenvalue weighted by atomic mass is 9.86. The van der Waals surface area contributed by atoms with E-state index in [4.69, 9.17) is 4.55 Å². The molecule has 1 aromatic rings. The van der Waals surface area contributed by atoms with Gasteiger partial charge in [0.05, 0.1) is 4.90 Å². The number of halogens is 17. The highest BCUT2D eigenvalue weighted by molar-refractivity contribution is 7.85. The standard InChI is InChI=1S/C16H9F17O3S/c1-2-6-7(4-3-5-8(6)37(34,35)36)9(17,18)10(19,20)11(21,22)12(23,24)13(25,26)14(27,28)15(29,30)16(31,32)33/h3-5H,2H2,1H3,(H,34,35,36). The molecule has 0 aromatic heterocycles. The predicted molar refractivity (Wildman–Crippen MR) is 85.3 cm³/mol. The van der Waals surface area contributed by atoms with Gasteiger partial charge in [-0.15, -0.1) is 0 Å². The Kier molecular flexibility index (Phi) is 7.78. The minimum absolute atomic E-state index is 0.0323. The molecule has 37 heavy (non-hydrogen) atoms. The van der Waals surface area contributed by atoms with Gasteiger partial charge in [0.2, 0.25) is 0 Å². The normalized spacial score (nSPS) is 15.8. The molecular weight excluding hydrogens is 595 g/mol. The van der Waals surface area contributed by atoms with E-state index in [0.717, 1.165) is 0 Å². The molecule has 21 heteroatoms. The average Bonchev–Trinajstić information content (AvgIpc) is 2.70. The van der Waals surface area contributed by atoms with Gasteiger partial charge in [-0.2, -0.15) is 83.1 Å². The lowest BCUT2D eigenvalue weighted by molar-refractivity contribution is -0.462. The van der Waals surface area contributed by atoms with Crippen LogP contribution in [0.4, 0.5) is 74.6 Å². The third-order valence-electron chi connectivity index (χ3n) is 4.82. The zero-order valence-electron chi connectivity index (χ0n) is 17.0. The molecule has 0 spiro atoms. The lowest BCUT2D eigenvalue weighted by Crippen LogP contribution is -2.74. The maximum atomic E-state index is 14.5. The van der Waals surface area contributed by atoms with Crippen LogP contribution in [0.15, 0.2) is 23.1 Å². The molecule has 0 amide bonds. The van der Waals surface area contributed by atoms with Crippen LogP contribution in [0.25, 0.3) is 0 Å². The maximum absolute atomic E-state index is 14.5. The summed E-state index contributed by atoms with van der Waals surface area (Å²) in [7, 11) is -5.63. The van der Waals surface area contributed by atoms with E-state index in [2.05, 4.69) is 0 Å². The fraction of sp³-hybridized carbons (Fsp3) is 0.625. The lowest BCUT2D eigenvalue weighted by Gasteiger charge is -2.43. The Morgan fingerprint density at radius 3 is 1.30 bits per heavy atom. The van der Waals surface area contributed by atoms with Crippen LogP contribution < -0.4 is 0 Å². The van der Waals surface area contributed by atoms with Crippen molar-refractivity contribution < 1.29 is 87.6 Å². The Hall–Kier alpha value is -2.06. The van der Waals surface area contributed by atoms with Gasteiger partial charge in [0, 0.05) is 5.56 Å². The van der Waals surface area contributed by atoms with Crippen LogP contribution in [0.2, 0.25) is 0 Å². The summed E-state index contributed by atoms with van der Waals surface area (Å²) in [6.45, 7) is 0.641. The van der Waals surface area contributed by atoms with Crippen molar-refractivity contribution in [3.8, 4) is 0 Å². The molecule has 1 N–H and O–H groups in total. The van der Waals surface area contributed by atoms with E-state index in [-0.39, 0.29) is 18.2 Å². The molecule has 1 rings (SSSR count). The van der Waals surface area contributed by atoms with Gasteiger partial charge in [0.15, 0.2) is 0 Å². The summed E-state index contributed by atoms with van der Waals surface area (Å²) in [6, 6.07) is -0.128. The van der Waals surface area contributed by atoms with Crippen LogP contribution in [-0.4, -0.2) is 54.7 Å². The van der Waals surface area contributed by atoms with Crippen molar-refractivity contribution in [1.82, 2.24) is 0 Å². The fourth-order valence-electron chi connectivity index (χ4n) is 2.80. The van der Waals surface area contributed by atoms with Gasteiger partial charge < -0.3 is 0 Å². The molecule has 0 aliphatic heterocycles. The largest absolute Gasteiger partial charge is 0.460 e. The van der Waals surface area contributed by atoms with Crippen molar-refractivity contribution in [1.29, 1.82) is 0 Å². The van der Waals surface area contributed by atoms with E-state index in [0.29, 0.717) is 6.92 Å². The van der Waals surface area contributed by atoms with E-state index >= 15 is 0 Å². The smallest absolute Gasteiger partial charge is 0.282 e. The minimum Gasteiger partial charge on any atom is -0.282 e. The highest BCUT2D eigenvalue weighted by atomic mass is 32.2. The van der Waals surface area contributed by atoms with Crippen LogP contribution >= 0.6 is 0 Å². The summed E-state index contributed by atoms with van der Waals surface area (Å²) in [5.41, 5.74) is -4.37. The van der Waals surface area contributed by atoms with Crippen molar-refractivity contribution in [2.24, 2.45) is 0 Å². The summed E-state index contributed by atoms with van der Waals surface area (Å²) >= 11 is 0. The Balaban J connectivity index is 3.93. The van der Waals surface area contributed by atoms with E-state index in [9.17, 15) is 83.1 Å². The van der Waals surface area contributed by atoms with Crippen LogP contribution in [0.1, 0.15) is 18.1 Å². The number of alkyl halides is 17. The van der Waals surface area contributed by atoms with E-state index in [1.807, 2.05) is 0 Å². The maximum Gasteiger partial charge on any atom is 0.460 e. The Labute approximate surface area is 194 Å². The fourth-order valence-corrected chi connectivity index (χ4v) is 3.62. The molecule has 0 unspecified atom stereocenters. The summed E-state index contributed by atoms with van der Waals surface area (Å²) in [5.74, 6) is -57.9. The molecule has 0 fully saturated rings. The third kappa shape index (κ3) is 4.38. The van der Waals surface area contributed by atoms with Crippen LogP contribution in [0, 0.1) is 0 Å². The zero-order valence-corrected chi connectivity index (χ0v) is 17.9. The molecule has 3 nitrogen and oxygen atoms in total. The van der Waals surface area contributed by atoms with Gasteiger partial charge in [-0.05, 0) is 18.1 Å². The number of hydrogen-bond donors (Lipinski definition) is 1. The van der Waals surface area contributed by atoms with E-state index in [1.54, 1.807) is 0 Å². The molecule has 0 saturated heterocycles. The van der Waals surface area contributed by atoms with E-state index < -0.39 is 80.2 Å². The highest BCUT2D eigenvalue weighted by Gasteiger charge is 2.95. The minimum atomic E-state index is -8.77. The van der Waals surface area contributed by atoms with Crippen LogP contribution in [0.3, 0.4) is 0 Å². The van der Waals surface area contributed by atoms with Crippen molar-refractivity contribution in [2.45, 2.75) is 65.9 Å². The molecule has 0 heterocycles. The predicted octanol–water partition coefficient (Wildman–Crippen LogP) is 6.96. The first kappa shape index (κ1) is 33.0. The van der Waals surface area contributed by atoms with Gasteiger partial charge in [-0.25, -0.2) is 0 Å². The van der Waals surface area contributed by atoms with Gasteiger partial charge in [0.25, 0.3) is 10.1 Å². The number of benzene rings is 1. The number of rotatable bonds is 9. The third-order valence-corrected chi connectivity index (χ3v) is 5.76. The van der Waals surface area contributed by atoms with Gasteiger partial charge in [-0.1, -0.05) is 19.1 Å².